The molecule has 86 valence electrons. The van der Waals surface area contributed by atoms with Crippen LogP contribution in [0.15, 0.2) is 0 Å². The van der Waals surface area contributed by atoms with Crippen LogP contribution in [-0.4, -0.2) is 29.9 Å². The number of nitrogens with two attached hydrogens (primary N) is 1. The van der Waals surface area contributed by atoms with E-state index >= 15 is 0 Å². The highest BCUT2D eigenvalue weighted by Crippen LogP contribution is 2.31. The third kappa shape index (κ3) is 2.71. The first-order valence-electron chi connectivity index (χ1n) is 6.25. The lowest BCUT2D eigenvalue weighted by Gasteiger charge is -2.24. The monoisotopic (exact) mass is 210 g/mol. The van der Waals surface area contributed by atoms with Gasteiger partial charge in [-0.15, -0.1) is 0 Å². The first kappa shape index (κ1) is 10.9. The molecule has 0 saturated heterocycles. The van der Waals surface area contributed by atoms with Crippen molar-refractivity contribution in [3.05, 3.63) is 0 Å². The third-order valence-electron chi connectivity index (χ3n) is 3.69. The molecule has 0 spiro atoms. The van der Waals surface area contributed by atoms with Gasteiger partial charge in [-0.1, -0.05) is 0 Å². The molecule has 2 aliphatic rings. The minimum absolute atomic E-state index is 0.221. The molecule has 2 saturated carbocycles. The van der Waals surface area contributed by atoms with Gasteiger partial charge in [0, 0.05) is 25.0 Å². The molecule has 2 atom stereocenters. The van der Waals surface area contributed by atoms with Gasteiger partial charge in [-0.3, -0.25) is 4.79 Å². The van der Waals surface area contributed by atoms with E-state index in [0.29, 0.717) is 5.91 Å². The van der Waals surface area contributed by atoms with E-state index in [4.69, 9.17) is 5.73 Å². The molecular formula is C12H22N2O. The van der Waals surface area contributed by atoms with Crippen molar-refractivity contribution in [3.63, 3.8) is 0 Å². The van der Waals surface area contributed by atoms with Crippen LogP contribution < -0.4 is 5.73 Å². The second-order valence-corrected chi connectivity index (χ2v) is 5.09. The molecule has 0 aromatic rings. The Balaban J connectivity index is 1.86. The molecule has 0 radical (unpaired) electrons. The van der Waals surface area contributed by atoms with E-state index < -0.39 is 0 Å². The fraction of sp³-hybridized carbons (Fsp3) is 0.917. The predicted molar refractivity (Wildman–Crippen MR) is 60.3 cm³/mol. The molecule has 2 N–H and O–H groups in total. The van der Waals surface area contributed by atoms with Gasteiger partial charge in [0.2, 0.25) is 5.91 Å². The first-order chi connectivity index (χ1) is 7.20. The van der Waals surface area contributed by atoms with Crippen molar-refractivity contribution in [3.8, 4) is 0 Å². The van der Waals surface area contributed by atoms with Crippen LogP contribution in [0.5, 0.6) is 0 Å². The summed E-state index contributed by atoms with van der Waals surface area (Å²) in [4.78, 5) is 14.2. The molecule has 0 heterocycles. The molecule has 0 aliphatic heterocycles. The van der Waals surface area contributed by atoms with E-state index in [1.807, 2.05) is 4.90 Å². The number of rotatable bonds is 4. The van der Waals surface area contributed by atoms with Crippen molar-refractivity contribution in [2.75, 3.05) is 13.1 Å². The number of carbonyl (C=O) groups excluding carboxylic acids is 1. The first-order valence-corrected chi connectivity index (χ1v) is 6.25. The predicted octanol–water partition coefficient (Wildman–Crippen LogP) is 1.37. The summed E-state index contributed by atoms with van der Waals surface area (Å²) in [7, 11) is 0. The smallest absolute Gasteiger partial charge is 0.225 e. The van der Waals surface area contributed by atoms with Gasteiger partial charge in [-0.05, 0) is 44.9 Å². The van der Waals surface area contributed by atoms with Gasteiger partial charge in [-0.25, -0.2) is 0 Å². The van der Waals surface area contributed by atoms with Gasteiger partial charge in [0.1, 0.15) is 0 Å². The van der Waals surface area contributed by atoms with Crippen LogP contribution in [0.4, 0.5) is 0 Å². The van der Waals surface area contributed by atoms with Gasteiger partial charge >= 0.3 is 0 Å². The maximum Gasteiger partial charge on any atom is 0.225 e. The van der Waals surface area contributed by atoms with Gasteiger partial charge in [0.25, 0.3) is 0 Å². The largest absolute Gasteiger partial charge is 0.342 e. The van der Waals surface area contributed by atoms with Crippen LogP contribution in [0.1, 0.15) is 39.0 Å². The lowest BCUT2D eigenvalue weighted by Crippen LogP contribution is -2.37. The van der Waals surface area contributed by atoms with Crippen molar-refractivity contribution in [1.29, 1.82) is 0 Å². The molecule has 0 aromatic heterocycles. The normalized spacial score (nSPS) is 30.5. The van der Waals surface area contributed by atoms with Crippen LogP contribution in [-0.2, 0) is 4.79 Å². The van der Waals surface area contributed by atoms with Crippen molar-refractivity contribution in [1.82, 2.24) is 4.90 Å². The van der Waals surface area contributed by atoms with Gasteiger partial charge < -0.3 is 10.6 Å². The summed E-state index contributed by atoms with van der Waals surface area (Å²) >= 11 is 0. The van der Waals surface area contributed by atoms with E-state index in [1.54, 1.807) is 0 Å². The quantitative estimate of drug-likeness (QED) is 0.762. The number of nitrogens with zero attached hydrogens (tertiary/aromatic N) is 1. The molecule has 2 unspecified atom stereocenters. The molecular weight excluding hydrogens is 188 g/mol. The number of hydrogen-bond donors (Lipinski definition) is 1. The Bertz CT molecular complexity index is 238. The summed E-state index contributed by atoms with van der Waals surface area (Å²) in [6.45, 7) is 3.93. The fourth-order valence-corrected chi connectivity index (χ4v) is 2.49. The molecule has 0 bridgehead atoms. The third-order valence-corrected chi connectivity index (χ3v) is 3.69. The summed E-state index contributed by atoms with van der Waals surface area (Å²) in [5.74, 6) is 1.38. The summed E-state index contributed by atoms with van der Waals surface area (Å²) in [6, 6.07) is 0.263. The highest BCUT2D eigenvalue weighted by molar-refractivity contribution is 5.79. The van der Waals surface area contributed by atoms with Crippen molar-refractivity contribution < 1.29 is 4.79 Å². The maximum absolute atomic E-state index is 12.2. The van der Waals surface area contributed by atoms with E-state index in [0.717, 1.165) is 38.3 Å². The Morgan fingerprint density at radius 1 is 1.33 bits per heavy atom. The zero-order valence-corrected chi connectivity index (χ0v) is 9.61. The Morgan fingerprint density at radius 2 is 2.07 bits per heavy atom. The molecule has 1 amide bonds. The van der Waals surface area contributed by atoms with Crippen LogP contribution in [0.25, 0.3) is 0 Å². The van der Waals surface area contributed by atoms with E-state index in [9.17, 15) is 4.79 Å². The summed E-state index contributed by atoms with van der Waals surface area (Å²) < 4.78 is 0. The lowest BCUT2D eigenvalue weighted by molar-refractivity contribution is -0.135. The molecule has 2 aliphatic carbocycles. The molecule has 0 aromatic carbocycles. The maximum atomic E-state index is 12.2. The van der Waals surface area contributed by atoms with Gasteiger partial charge in [0.05, 0.1) is 0 Å². The second kappa shape index (κ2) is 4.52. The van der Waals surface area contributed by atoms with Gasteiger partial charge in [0.15, 0.2) is 0 Å². The molecule has 2 fully saturated rings. The number of carbonyl (C=O) groups is 1. The average Bonchev–Trinajstić information content (AvgIpc) is 2.95. The van der Waals surface area contributed by atoms with Crippen LogP contribution >= 0.6 is 0 Å². The zero-order chi connectivity index (χ0) is 10.8. The molecule has 15 heavy (non-hydrogen) atoms. The molecule has 3 heteroatoms. The van der Waals surface area contributed by atoms with Crippen molar-refractivity contribution >= 4 is 5.91 Å². The van der Waals surface area contributed by atoms with E-state index in [1.165, 1.54) is 12.8 Å². The minimum Gasteiger partial charge on any atom is -0.342 e. The highest BCUT2D eigenvalue weighted by Gasteiger charge is 2.33. The molecule has 3 nitrogen and oxygen atoms in total. The summed E-state index contributed by atoms with van der Waals surface area (Å²) in [5, 5.41) is 0. The van der Waals surface area contributed by atoms with E-state index in [-0.39, 0.29) is 12.0 Å². The molecule has 2 rings (SSSR count). The lowest BCUT2D eigenvalue weighted by atomic mass is 10.1. The Morgan fingerprint density at radius 3 is 2.53 bits per heavy atom. The zero-order valence-electron chi connectivity index (χ0n) is 9.61. The number of hydrogen-bond acceptors (Lipinski definition) is 2. The Kier molecular flexibility index (Phi) is 3.29. The SMILES string of the molecule is CCN(CC1CC1)C(=O)C1CCC(N)C1. The minimum atomic E-state index is 0.221. The Labute approximate surface area is 92.0 Å². The van der Waals surface area contributed by atoms with Crippen LogP contribution in [0.2, 0.25) is 0 Å². The topological polar surface area (TPSA) is 46.3 Å². The van der Waals surface area contributed by atoms with E-state index in [2.05, 4.69) is 6.92 Å². The standard InChI is InChI=1S/C12H22N2O/c1-2-14(8-9-3-4-9)12(15)10-5-6-11(13)7-10/h9-11H,2-8,13H2,1H3. The van der Waals surface area contributed by atoms with Crippen LogP contribution in [0.3, 0.4) is 0 Å². The highest BCUT2D eigenvalue weighted by atomic mass is 16.2. The number of amides is 1. The van der Waals surface area contributed by atoms with Crippen molar-refractivity contribution in [2.45, 2.75) is 45.1 Å². The summed E-state index contributed by atoms with van der Waals surface area (Å²) in [5.41, 5.74) is 5.85. The van der Waals surface area contributed by atoms with Crippen molar-refractivity contribution in [2.24, 2.45) is 17.6 Å². The van der Waals surface area contributed by atoms with Crippen LogP contribution in [0, 0.1) is 11.8 Å². The second-order valence-electron chi connectivity index (χ2n) is 5.09. The van der Waals surface area contributed by atoms with Gasteiger partial charge in [-0.2, -0.15) is 0 Å². The Hall–Kier alpha value is -0.570. The fourth-order valence-electron chi connectivity index (χ4n) is 2.49. The average molecular weight is 210 g/mol. The summed E-state index contributed by atoms with van der Waals surface area (Å²) in [6.07, 6.45) is 5.56.